The molecule has 0 bridgehead atoms. The number of carbonyl (C=O) groups is 3. The first-order chi connectivity index (χ1) is 14.4. The van der Waals surface area contributed by atoms with E-state index in [1.54, 1.807) is 4.90 Å². The number of hydrogen-bond donors (Lipinski definition) is 1. The number of hydrogen-bond acceptors (Lipinski definition) is 5. The van der Waals surface area contributed by atoms with Crippen molar-refractivity contribution in [1.82, 2.24) is 4.90 Å². The van der Waals surface area contributed by atoms with Gasteiger partial charge in [0.25, 0.3) is 11.7 Å². The summed E-state index contributed by atoms with van der Waals surface area (Å²) in [5, 5.41) is 2.53. The van der Waals surface area contributed by atoms with E-state index in [0.717, 1.165) is 5.56 Å². The van der Waals surface area contributed by atoms with Gasteiger partial charge in [-0.05, 0) is 29.8 Å². The van der Waals surface area contributed by atoms with Crippen molar-refractivity contribution in [3.05, 3.63) is 60.2 Å². The highest BCUT2D eigenvalue weighted by Gasteiger charge is 2.35. The second-order valence-electron chi connectivity index (χ2n) is 6.72. The molecule has 1 aliphatic heterocycles. The zero-order chi connectivity index (χ0) is 21.5. The molecular formula is C21H20F2N2O4S. The molecule has 1 atom stereocenters. The molecule has 1 N–H and O–H groups in total. The minimum Gasteiger partial charge on any atom is -0.455 e. The lowest BCUT2D eigenvalue weighted by Gasteiger charge is -2.16. The number of esters is 1. The topological polar surface area (TPSA) is 75.7 Å². The molecule has 1 aliphatic rings. The predicted octanol–water partition coefficient (Wildman–Crippen LogP) is 3.53. The van der Waals surface area contributed by atoms with Crippen LogP contribution in [0.1, 0.15) is 12.0 Å². The summed E-state index contributed by atoms with van der Waals surface area (Å²) >= 11 is 0.408. The predicted molar refractivity (Wildman–Crippen MR) is 108 cm³/mol. The van der Waals surface area contributed by atoms with E-state index in [1.165, 1.54) is 24.3 Å². The minimum absolute atomic E-state index is 0.0521. The maximum Gasteiger partial charge on any atom is 0.311 e. The molecule has 0 spiro atoms. The maximum absolute atomic E-state index is 12.3. The van der Waals surface area contributed by atoms with E-state index in [2.05, 4.69) is 5.32 Å². The summed E-state index contributed by atoms with van der Waals surface area (Å²) in [6.45, 7) is 0.178. The molecule has 9 heteroatoms. The molecule has 3 rings (SSSR count). The van der Waals surface area contributed by atoms with Gasteiger partial charge in [0.2, 0.25) is 5.91 Å². The van der Waals surface area contributed by atoms with Crippen LogP contribution in [0, 0.1) is 5.92 Å². The van der Waals surface area contributed by atoms with Crippen molar-refractivity contribution < 1.29 is 27.9 Å². The van der Waals surface area contributed by atoms with Gasteiger partial charge in [0.1, 0.15) is 0 Å². The molecule has 0 radical (unpaired) electrons. The fourth-order valence-corrected chi connectivity index (χ4v) is 3.56. The Bertz CT molecular complexity index is 894. The van der Waals surface area contributed by atoms with Crippen LogP contribution in [0.2, 0.25) is 0 Å². The first-order valence-electron chi connectivity index (χ1n) is 9.24. The van der Waals surface area contributed by atoms with Crippen LogP contribution in [-0.4, -0.2) is 41.6 Å². The smallest absolute Gasteiger partial charge is 0.311 e. The Balaban J connectivity index is 1.43. The van der Waals surface area contributed by atoms with Gasteiger partial charge in [0.15, 0.2) is 6.61 Å². The molecule has 0 unspecified atom stereocenters. The summed E-state index contributed by atoms with van der Waals surface area (Å²) in [5.41, 5.74) is 1.37. The Morgan fingerprint density at radius 1 is 1.13 bits per heavy atom. The van der Waals surface area contributed by atoms with Gasteiger partial charge < -0.3 is 15.0 Å². The SMILES string of the molecule is O=C(COC(=O)[C@H]1CC(=O)N(Cc2ccccc2)C1)Nc1ccc(SC(F)F)cc1. The zero-order valence-electron chi connectivity index (χ0n) is 15.9. The summed E-state index contributed by atoms with van der Waals surface area (Å²) in [6, 6.07) is 15.4. The number of nitrogens with zero attached hydrogens (tertiary/aromatic N) is 1. The van der Waals surface area contributed by atoms with E-state index < -0.39 is 30.2 Å². The Hall–Kier alpha value is -2.94. The molecule has 2 aromatic rings. The highest BCUT2D eigenvalue weighted by Crippen LogP contribution is 2.26. The lowest BCUT2D eigenvalue weighted by atomic mass is 10.1. The quantitative estimate of drug-likeness (QED) is 0.508. The van der Waals surface area contributed by atoms with Crippen LogP contribution in [0.4, 0.5) is 14.5 Å². The van der Waals surface area contributed by atoms with E-state index >= 15 is 0 Å². The number of benzene rings is 2. The molecule has 2 amide bonds. The molecule has 1 fully saturated rings. The van der Waals surface area contributed by atoms with Crippen LogP contribution in [0.5, 0.6) is 0 Å². The van der Waals surface area contributed by atoms with E-state index in [0.29, 0.717) is 28.9 Å². The molecule has 6 nitrogen and oxygen atoms in total. The second-order valence-corrected chi connectivity index (χ2v) is 7.78. The second kappa shape index (κ2) is 10.2. The van der Waals surface area contributed by atoms with Crippen LogP contribution < -0.4 is 5.32 Å². The van der Waals surface area contributed by atoms with Crippen molar-refractivity contribution in [2.45, 2.75) is 23.6 Å². The van der Waals surface area contributed by atoms with E-state index in [4.69, 9.17) is 4.74 Å². The monoisotopic (exact) mass is 434 g/mol. The van der Waals surface area contributed by atoms with Crippen LogP contribution in [0.25, 0.3) is 0 Å². The first-order valence-corrected chi connectivity index (χ1v) is 10.1. The Kier molecular flexibility index (Phi) is 7.40. The van der Waals surface area contributed by atoms with Crippen molar-refractivity contribution >= 4 is 35.2 Å². The third-order valence-electron chi connectivity index (χ3n) is 4.47. The summed E-state index contributed by atoms with van der Waals surface area (Å²) in [5.74, 6) is -4.41. The van der Waals surface area contributed by atoms with Gasteiger partial charge in [-0.1, -0.05) is 42.1 Å². The van der Waals surface area contributed by atoms with Crippen molar-refractivity contribution in [2.75, 3.05) is 18.5 Å². The van der Waals surface area contributed by atoms with Gasteiger partial charge in [-0.15, -0.1) is 0 Å². The number of thioether (sulfide) groups is 1. The van der Waals surface area contributed by atoms with Gasteiger partial charge >= 0.3 is 5.97 Å². The average molecular weight is 434 g/mol. The summed E-state index contributed by atoms with van der Waals surface area (Å²) in [6.07, 6.45) is 0.0521. The standard InChI is InChI=1S/C21H20F2N2O4S/c22-21(23)30-17-8-6-16(7-9-17)24-18(26)13-29-20(28)15-10-19(27)25(12-15)11-14-4-2-1-3-5-14/h1-9,15,21H,10-13H2,(H,24,26)/t15-/m0/s1. The summed E-state index contributed by atoms with van der Waals surface area (Å²) in [4.78, 5) is 38.3. The summed E-state index contributed by atoms with van der Waals surface area (Å²) < 4.78 is 29.7. The Morgan fingerprint density at radius 3 is 2.50 bits per heavy atom. The van der Waals surface area contributed by atoms with E-state index in [-0.39, 0.29) is 18.9 Å². The zero-order valence-corrected chi connectivity index (χ0v) is 16.7. The van der Waals surface area contributed by atoms with Gasteiger partial charge in [0, 0.05) is 30.1 Å². The van der Waals surface area contributed by atoms with Crippen molar-refractivity contribution in [3.63, 3.8) is 0 Å². The van der Waals surface area contributed by atoms with Crippen LogP contribution >= 0.6 is 11.8 Å². The fourth-order valence-electron chi connectivity index (χ4n) is 3.06. The molecule has 0 saturated carbocycles. The molecule has 0 aromatic heterocycles. The van der Waals surface area contributed by atoms with E-state index in [9.17, 15) is 23.2 Å². The minimum atomic E-state index is -2.52. The first kappa shape index (κ1) is 21.8. The molecule has 2 aromatic carbocycles. The van der Waals surface area contributed by atoms with Crippen LogP contribution in [-0.2, 0) is 25.7 Å². The number of nitrogens with one attached hydrogen (secondary N) is 1. The van der Waals surface area contributed by atoms with Crippen molar-refractivity contribution in [2.24, 2.45) is 5.92 Å². The number of alkyl halides is 2. The number of ether oxygens (including phenoxy) is 1. The van der Waals surface area contributed by atoms with E-state index in [1.807, 2.05) is 30.3 Å². The van der Waals surface area contributed by atoms with Gasteiger partial charge in [-0.25, -0.2) is 0 Å². The lowest BCUT2D eigenvalue weighted by Crippen LogP contribution is -2.28. The number of anilines is 1. The number of likely N-dealkylation sites (tertiary alicyclic amines) is 1. The highest BCUT2D eigenvalue weighted by atomic mass is 32.2. The van der Waals surface area contributed by atoms with Gasteiger partial charge in [-0.3, -0.25) is 14.4 Å². The van der Waals surface area contributed by atoms with Gasteiger partial charge in [0.05, 0.1) is 5.92 Å². The molecule has 0 aliphatic carbocycles. The maximum atomic E-state index is 12.3. The highest BCUT2D eigenvalue weighted by molar-refractivity contribution is 7.99. The molecule has 158 valence electrons. The molecule has 30 heavy (non-hydrogen) atoms. The fraction of sp³-hybridized carbons (Fsp3) is 0.286. The molecule has 1 heterocycles. The van der Waals surface area contributed by atoms with Gasteiger partial charge in [-0.2, -0.15) is 8.78 Å². The number of amides is 2. The third kappa shape index (κ3) is 6.28. The molecule has 1 saturated heterocycles. The third-order valence-corrected chi connectivity index (χ3v) is 5.20. The summed E-state index contributed by atoms with van der Waals surface area (Å²) in [7, 11) is 0. The Labute approximate surface area is 176 Å². The molecular weight excluding hydrogens is 414 g/mol. The van der Waals surface area contributed by atoms with Crippen molar-refractivity contribution in [1.29, 1.82) is 0 Å². The normalized spacial score (nSPS) is 16.0. The average Bonchev–Trinajstić information content (AvgIpc) is 3.08. The number of rotatable bonds is 8. The van der Waals surface area contributed by atoms with Crippen LogP contribution in [0.3, 0.4) is 0 Å². The van der Waals surface area contributed by atoms with Crippen LogP contribution in [0.15, 0.2) is 59.5 Å². The Morgan fingerprint density at radius 2 is 1.83 bits per heavy atom. The largest absolute Gasteiger partial charge is 0.455 e. The lowest BCUT2D eigenvalue weighted by molar-refractivity contribution is -0.151. The van der Waals surface area contributed by atoms with Crippen molar-refractivity contribution in [3.8, 4) is 0 Å². The number of carbonyl (C=O) groups excluding carboxylic acids is 3. The number of halogens is 2.